The quantitative estimate of drug-likeness (QED) is 0.615. The van der Waals surface area contributed by atoms with Crippen molar-refractivity contribution in [2.75, 3.05) is 0 Å². The van der Waals surface area contributed by atoms with E-state index in [1.165, 1.54) is 22.1 Å². The Kier molecular flexibility index (Phi) is 2.22. The number of aryl methyl sites for hydroxylation is 2. The van der Waals surface area contributed by atoms with Gasteiger partial charge < -0.3 is 4.57 Å². The molecule has 1 aromatic carbocycles. The zero-order valence-corrected chi connectivity index (χ0v) is 10.0. The van der Waals surface area contributed by atoms with Crippen molar-refractivity contribution in [3.8, 4) is 11.1 Å². The minimum Gasteiger partial charge on any atom is -0.335 e. The van der Waals surface area contributed by atoms with E-state index in [1.807, 2.05) is 19.3 Å². The van der Waals surface area contributed by atoms with Crippen molar-refractivity contribution in [3.05, 3.63) is 54.4 Å². The van der Waals surface area contributed by atoms with Crippen LogP contribution in [0.15, 0.2) is 48.8 Å². The van der Waals surface area contributed by atoms with Crippen LogP contribution in [0.5, 0.6) is 0 Å². The Bertz CT molecular complexity index is 680. The molecule has 0 aliphatic carbocycles. The topological polar surface area (TPSA) is 17.8 Å². The summed E-state index contributed by atoms with van der Waals surface area (Å²) in [6, 6.07) is 12.7. The van der Waals surface area contributed by atoms with E-state index < -0.39 is 0 Å². The molecule has 17 heavy (non-hydrogen) atoms. The van der Waals surface area contributed by atoms with Crippen molar-refractivity contribution in [2.45, 2.75) is 6.92 Å². The highest BCUT2D eigenvalue weighted by atomic mass is 15.0. The minimum atomic E-state index is 1.03. The Morgan fingerprint density at radius 2 is 2.00 bits per heavy atom. The lowest BCUT2D eigenvalue weighted by molar-refractivity contribution is 0.949. The molecule has 0 aliphatic rings. The molecule has 3 rings (SSSR count). The Labute approximate surface area is 101 Å². The van der Waals surface area contributed by atoms with Crippen LogP contribution in [0.4, 0.5) is 0 Å². The van der Waals surface area contributed by atoms with Crippen molar-refractivity contribution in [2.24, 2.45) is 7.05 Å². The maximum Gasteiger partial charge on any atom is 0.140 e. The Morgan fingerprint density at radius 3 is 2.82 bits per heavy atom. The maximum atomic E-state index is 4.41. The molecule has 0 saturated carbocycles. The molecule has 2 aromatic heterocycles. The van der Waals surface area contributed by atoms with Crippen molar-refractivity contribution < 1.29 is 0 Å². The summed E-state index contributed by atoms with van der Waals surface area (Å²) in [5.74, 6) is 0. The highest BCUT2D eigenvalue weighted by Gasteiger charge is 2.08. The molecule has 84 valence electrons. The second kappa shape index (κ2) is 3.74. The van der Waals surface area contributed by atoms with Gasteiger partial charge in [0.2, 0.25) is 0 Å². The summed E-state index contributed by atoms with van der Waals surface area (Å²) in [4.78, 5) is 4.41. The number of benzene rings is 1. The van der Waals surface area contributed by atoms with E-state index in [2.05, 4.69) is 53.0 Å². The lowest BCUT2D eigenvalue weighted by atomic mass is 10.0. The van der Waals surface area contributed by atoms with Gasteiger partial charge in [0.25, 0.3) is 0 Å². The minimum absolute atomic E-state index is 1.03. The van der Waals surface area contributed by atoms with Gasteiger partial charge in [0, 0.05) is 30.4 Å². The van der Waals surface area contributed by atoms with Gasteiger partial charge in [-0.25, -0.2) is 4.98 Å². The number of aromatic nitrogens is 2. The third-order valence-corrected chi connectivity index (χ3v) is 3.06. The Hall–Kier alpha value is -2.09. The molecule has 0 saturated heterocycles. The SMILES string of the molecule is Cc1cccc(-c2cn(C)c3ncccc23)c1. The summed E-state index contributed by atoms with van der Waals surface area (Å²) in [6.45, 7) is 2.12. The summed E-state index contributed by atoms with van der Waals surface area (Å²) in [5, 5.41) is 1.21. The van der Waals surface area contributed by atoms with E-state index in [-0.39, 0.29) is 0 Å². The van der Waals surface area contributed by atoms with Gasteiger partial charge in [-0.3, -0.25) is 0 Å². The first-order valence-electron chi connectivity index (χ1n) is 5.73. The predicted molar refractivity (Wildman–Crippen MR) is 70.9 cm³/mol. The van der Waals surface area contributed by atoms with Crippen molar-refractivity contribution in [3.63, 3.8) is 0 Å². The average molecular weight is 222 g/mol. The molecule has 0 radical (unpaired) electrons. The summed E-state index contributed by atoms with van der Waals surface area (Å²) >= 11 is 0. The lowest BCUT2D eigenvalue weighted by Crippen LogP contribution is -1.85. The molecule has 0 atom stereocenters. The van der Waals surface area contributed by atoms with E-state index in [0.29, 0.717) is 0 Å². The molecule has 0 spiro atoms. The smallest absolute Gasteiger partial charge is 0.140 e. The normalized spacial score (nSPS) is 10.9. The van der Waals surface area contributed by atoms with Crippen LogP contribution in [0.3, 0.4) is 0 Å². The van der Waals surface area contributed by atoms with E-state index >= 15 is 0 Å². The molecule has 0 bridgehead atoms. The van der Waals surface area contributed by atoms with Gasteiger partial charge >= 0.3 is 0 Å². The van der Waals surface area contributed by atoms with Crippen LogP contribution >= 0.6 is 0 Å². The van der Waals surface area contributed by atoms with Crippen molar-refractivity contribution in [1.82, 2.24) is 9.55 Å². The van der Waals surface area contributed by atoms with Crippen LogP contribution in [-0.2, 0) is 7.05 Å². The molecule has 0 N–H and O–H groups in total. The molecule has 2 heteroatoms. The maximum absolute atomic E-state index is 4.41. The number of fused-ring (bicyclic) bond motifs is 1. The monoisotopic (exact) mass is 222 g/mol. The van der Waals surface area contributed by atoms with E-state index in [0.717, 1.165) is 5.65 Å². The molecule has 0 aliphatic heterocycles. The zero-order valence-electron chi connectivity index (χ0n) is 10.0. The number of nitrogens with zero attached hydrogens (tertiary/aromatic N) is 2. The standard InChI is InChI=1S/C15H14N2/c1-11-5-3-6-12(9-11)14-10-17(2)15-13(14)7-4-8-16-15/h3-10H,1-2H3. The van der Waals surface area contributed by atoms with Crippen LogP contribution in [0, 0.1) is 6.92 Å². The first-order valence-corrected chi connectivity index (χ1v) is 5.73. The van der Waals surface area contributed by atoms with Crippen LogP contribution in [0.1, 0.15) is 5.56 Å². The van der Waals surface area contributed by atoms with Crippen molar-refractivity contribution in [1.29, 1.82) is 0 Å². The molecule has 0 amide bonds. The van der Waals surface area contributed by atoms with Crippen LogP contribution in [-0.4, -0.2) is 9.55 Å². The number of hydrogen-bond donors (Lipinski definition) is 0. The van der Waals surface area contributed by atoms with Gasteiger partial charge in [-0.1, -0.05) is 29.8 Å². The zero-order chi connectivity index (χ0) is 11.8. The summed E-state index contributed by atoms with van der Waals surface area (Å²) < 4.78 is 2.08. The van der Waals surface area contributed by atoms with Gasteiger partial charge in [0.1, 0.15) is 5.65 Å². The van der Waals surface area contributed by atoms with Gasteiger partial charge in [-0.2, -0.15) is 0 Å². The van der Waals surface area contributed by atoms with E-state index in [9.17, 15) is 0 Å². The van der Waals surface area contributed by atoms with Crippen molar-refractivity contribution >= 4 is 11.0 Å². The summed E-state index contributed by atoms with van der Waals surface area (Å²) in [7, 11) is 2.04. The number of rotatable bonds is 1. The largest absolute Gasteiger partial charge is 0.335 e. The molecule has 2 heterocycles. The molecular formula is C15H14N2. The van der Waals surface area contributed by atoms with Gasteiger partial charge in [-0.15, -0.1) is 0 Å². The van der Waals surface area contributed by atoms with Crippen LogP contribution in [0.2, 0.25) is 0 Å². The van der Waals surface area contributed by atoms with Gasteiger partial charge in [0.15, 0.2) is 0 Å². The Morgan fingerprint density at radius 1 is 1.12 bits per heavy atom. The van der Waals surface area contributed by atoms with E-state index in [4.69, 9.17) is 0 Å². The number of pyridine rings is 1. The molecule has 0 fully saturated rings. The third kappa shape index (κ3) is 1.62. The number of hydrogen-bond acceptors (Lipinski definition) is 1. The molecule has 2 nitrogen and oxygen atoms in total. The van der Waals surface area contributed by atoms with Gasteiger partial charge in [0.05, 0.1) is 0 Å². The molecular weight excluding hydrogens is 208 g/mol. The molecule has 0 unspecified atom stereocenters. The van der Waals surface area contributed by atoms with E-state index in [1.54, 1.807) is 0 Å². The second-order valence-corrected chi connectivity index (χ2v) is 4.40. The third-order valence-electron chi connectivity index (χ3n) is 3.06. The second-order valence-electron chi connectivity index (χ2n) is 4.40. The average Bonchev–Trinajstić information content (AvgIpc) is 2.68. The predicted octanol–water partition coefficient (Wildman–Crippen LogP) is 3.55. The van der Waals surface area contributed by atoms with Crippen LogP contribution in [0.25, 0.3) is 22.2 Å². The fourth-order valence-corrected chi connectivity index (χ4v) is 2.26. The Balaban J connectivity index is 2.31. The van der Waals surface area contributed by atoms with Gasteiger partial charge in [-0.05, 0) is 24.6 Å². The summed E-state index contributed by atoms with van der Waals surface area (Å²) in [6.07, 6.45) is 3.98. The first kappa shape index (κ1) is 10.1. The summed E-state index contributed by atoms with van der Waals surface area (Å²) in [5.41, 5.74) is 4.82. The van der Waals surface area contributed by atoms with Crippen LogP contribution < -0.4 is 0 Å². The lowest BCUT2D eigenvalue weighted by Gasteiger charge is -2.00. The fraction of sp³-hybridized carbons (Fsp3) is 0.133. The first-order chi connectivity index (χ1) is 8.25. The highest BCUT2D eigenvalue weighted by molar-refractivity contribution is 5.94. The highest BCUT2D eigenvalue weighted by Crippen LogP contribution is 2.29. The fourth-order valence-electron chi connectivity index (χ4n) is 2.26. The molecule has 3 aromatic rings.